The van der Waals surface area contributed by atoms with Crippen molar-refractivity contribution in [2.45, 2.75) is 44.4 Å². The highest BCUT2D eigenvalue weighted by Crippen LogP contribution is 2.43. The van der Waals surface area contributed by atoms with Gasteiger partial charge in [-0.3, -0.25) is 15.0 Å². The molecule has 5 nitrogen and oxygen atoms in total. The molecule has 1 saturated carbocycles. The van der Waals surface area contributed by atoms with Crippen LogP contribution in [0.1, 0.15) is 26.7 Å². The molecule has 20 heavy (non-hydrogen) atoms. The van der Waals surface area contributed by atoms with Gasteiger partial charge in [0.25, 0.3) is 0 Å². The number of nitrogens with one attached hydrogen (secondary N) is 1. The van der Waals surface area contributed by atoms with Crippen molar-refractivity contribution in [2.75, 3.05) is 40.3 Å². The summed E-state index contributed by atoms with van der Waals surface area (Å²) in [5, 5.41) is 3.60. The van der Waals surface area contributed by atoms with Crippen molar-refractivity contribution in [1.82, 2.24) is 20.0 Å². The van der Waals surface area contributed by atoms with Gasteiger partial charge in [0.2, 0.25) is 5.91 Å². The first-order valence-corrected chi connectivity index (χ1v) is 7.90. The summed E-state index contributed by atoms with van der Waals surface area (Å²) in [7, 11) is 4.36. The molecule has 2 atom stereocenters. The lowest BCUT2D eigenvalue weighted by atomic mass is 10.1. The number of hydrogen-bond acceptors (Lipinski definition) is 4. The van der Waals surface area contributed by atoms with Crippen molar-refractivity contribution in [3.8, 4) is 0 Å². The summed E-state index contributed by atoms with van der Waals surface area (Å²) in [6, 6.07) is 0.453. The molecule has 1 N–H and O–H groups in total. The highest BCUT2D eigenvalue weighted by molar-refractivity contribution is 5.91. The second kappa shape index (κ2) is 4.97. The first-order valence-electron chi connectivity index (χ1n) is 7.90. The largest absolute Gasteiger partial charge is 0.324 e. The second-order valence-corrected chi connectivity index (χ2v) is 7.27. The van der Waals surface area contributed by atoms with Gasteiger partial charge in [-0.25, -0.2) is 0 Å². The zero-order valence-corrected chi connectivity index (χ0v) is 13.2. The Labute approximate surface area is 122 Å². The first kappa shape index (κ1) is 14.3. The summed E-state index contributed by atoms with van der Waals surface area (Å²) >= 11 is 0. The van der Waals surface area contributed by atoms with Crippen LogP contribution in [0, 0.1) is 5.92 Å². The lowest BCUT2D eigenvalue weighted by Crippen LogP contribution is -2.56. The summed E-state index contributed by atoms with van der Waals surface area (Å²) in [5.74, 6) is 0.809. The zero-order valence-electron chi connectivity index (χ0n) is 13.2. The molecular formula is C15H28N4O. The average Bonchev–Trinajstić information content (AvgIpc) is 3.12. The van der Waals surface area contributed by atoms with Crippen molar-refractivity contribution in [3.05, 3.63) is 0 Å². The molecule has 0 radical (unpaired) electrons. The third kappa shape index (κ3) is 2.36. The molecule has 2 unspecified atom stereocenters. The number of likely N-dealkylation sites (N-methyl/N-ethyl adjacent to an activating group) is 2. The van der Waals surface area contributed by atoms with Crippen molar-refractivity contribution in [3.63, 3.8) is 0 Å². The van der Waals surface area contributed by atoms with Gasteiger partial charge in [-0.2, -0.15) is 0 Å². The number of amides is 1. The van der Waals surface area contributed by atoms with Gasteiger partial charge < -0.3 is 9.80 Å². The van der Waals surface area contributed by atoms with E-state index in [-0.39, 0.29) is 11.7 Å². The highest BCUT2D eigenvalue weighted by atomic mass is 16.2. The predicted octanol–water partition coefficient (Wildman–Crippen LogP) is 0.179. The van der Waals surface area contributed by atoms with Crippen LogP contribution >= 0.6 is 0 Å². The number of piperazine rings is 1. The van der Waals surface area contributed by atoms with Gasteiger partial charge in [-0.05, 0) is 32.9 Å². The third-order valence-electron chi connectivity index (χ3n) is 5.20. The third-order valence-corrected chi connectivity index (χ3v) is 5.20. The lowest BCUT2D eigenvalue weighted by molar-refractivity contribution is -0.132. The van der Waals surface area contributed by atoms with Gasteiger partial charge >= 0.3 is 0 Å². The molecule has 3 aliphatic rings. The van der Waals surface area contributed by atoms with E-state index in [4.69, 9.17) is 0 Å². The van der Waals surface area contributed by atoms with Crippen LogP contribution in [0.25, 0.3) is 0 Å². The Bertz CT molecular complexity index is 393. The van der Waals surface area contributed by atoms with E-state index >= 15 is 0 Å². The van der Waals surface area contributed by atoms with E-state index in [1.807, 2.05) is 0 Å². The number of carbonyl (C=O) groups excluding carboxylic acids is 1. The van der Waals surface area contributed by atoms with Crippen LogP contribution in [-0.4, -0.2) is 78.6 Å². The smallest absolute Gasteiger partial charge is 0.244 e. The molecule has 0 bridgehead atoms. The molecule has 1 amide bonds. The van der Waals surface area contributed by atoms with Crippen LogP contribution < -0.4 is 5.32 Å². The maximum absolute atomic E-state index is 12.7. The molecule has 2 heterocycles. The van der Waals surface area contributed by atoms with E-state index in [0.717, 1.165) is 39.0 Å². The van der Waals surface area contributed by atoms with Crippen molar-refractivity contribution in [2.24, 2.45) is 5.92 Å². The Morgan fingerprint density at radius 2 is 2.00 bits per heavy atom. The van der Waals surface area contributed by atoms with Gasteiger partial charge in [-0.1, -0.05) is 13.8 Å². The van der Waals surface area contributed by atoms with Crippen LogP contribution in [0.3, 0.4) is 0 Å². The van der Waals surface area contributed by atoms with Gasteiger partial charge in [0.1, 0.15) is 0 Å². The quantitative estimate of drug-likeness (QED) is 0.800. The minimum absolute atomic E-state index is 0.186. The summed E-state index contributed by atoms with van der Waals surface area (Å²) in [4.78, 5) is 19.6. The maximum Gasteiger partial charge on any atom is 0.244 e. The molecular weight excluding hydrogens is 252 g/mol. The Hall–Kier alpha value is -0.650. The molecule has 3 rings (SSSR count). The van der Waals surface area contributed by atoms with Gasteiger partial charge in [0, 0.05) is 32.2 Å². The molecule has 3 fully saturated rings. The van der Waals surface area contributed by atoms with Crippen LogP contribution in [0.2, 0.25) is 0 Å². The fourth-order valence-corrected chi connectivity index (χ4v) is 3.56. The molecule has 1 spiro atoms. The van der Waals surface area contributed by atoms with E-state index in [0.29, 0.717) is 17.9 Å². The van der Waals surface area contributed by atoms with Crippen molar-refractivity contribution in [1.29, 1.82) is 0 Å². The first-order chi connectivity index (χ1) is 9.43. The Morgan fingerprint density at radius 3 is 2.60 bits per heavy atom. The van der Waals surface area contributed by atoms with Gasteiger partial charge in [-0.15, -0.1) is 0 Å². The zero-order chi connectivity index (χ0) is 14.5. The number of carbonyl (C=O) groups is 1. The number of rotatable bonds is 3. The summed E-state index contributed by atoms with van der Waals surface area (Å²) in [6.45, 7) is 8.53. The SMILES string of the molecule is CC(C)C1NC2(CC2)C(=O)N1CC1CN(C)CCN1C. The van der Waals surface area contributed by atoms with Crippen molar-refractivity contribution < 1.29 is 4.79 Å². The normalized spacial score (nSPS) is 34.5. The Balaban J connectivity index is 1.72. The van der Waals surface area contributed by atoms with Gasteiger partial charge in [0.15, 0.2) is 0 Å². The summed E-state index contributed by atoms with van der Waals surface area (Å²) in [5.41, 5.74) is -0.186. The summed E-state index contributed by atoms with van der Waals surface area (Å²) in [6.07, 6.45) is 2.25. The minimum Gasteiger partial charge on any atom is -0.324 e. The fourth-order valence-electron chi connectivity index (χ4n) is 3.56. The standard InChI is InChI=1S/C15H28N4O/c1-11(2)13-16-15(5-6-15)14(20)19(13)10-12-9-17(3)7-8-18(12)4/h11-13,16H,5-10H2,1-4H3. The fraction of sp³-hybridized carbons (Fsp3) is 0.933. The lowest BCUT2D eigenvalue weighted by Gasteiger charge is -2.41. The van der Waals surface area contributed by atoms with Crippen LogP contribution in [0.5, 0.6) is 0 Å². The topological polar surface area (TPSA) is 38.8 Å². The molecule has 2 aliphatic heterocycles. The van der Waals surface area contributed by atoms with E-state index in [1.54, 1.807) is 0 Å². The molecule has 2 saturated heterocycles. The van der Waals surface area contributed by atoms with E-state index < -0.39 is 0 Å². The molecule has 1 aliphatic carbocycles. The number of hydrogen-bond donors (Lipinski definition) is 1. The molecule has 5 heteroatoms. The van der Waals surface area contributed by atoms with E-state index in [1.165, 1.54) is 0 Å². The van der Waals surface area contributed by atoms with Crippen molar-refractivity contribution >= 4 is 5.91 Å². The van der Waals surface area contributed by atoms with E-state index in [2.05, 4.69) is 48.0 Å². The predicted molar refractivity (Wildman–Crippen MR) is 79.4 cm³/mol. The average molecular weight is 280 g/mol. The molecule has 0 aromatic carbocycles. The summed E-state index contributed by atoms with van der Waals surface area (Å²) < 4.78 is 0. The van der Waals surface area contributed by atoms with Crippen LogP contribution in [0.4, 0.5) is 0 Å². The van der Waals surface area contributed by atoms with Crippen LogP contribution in [0.15, 0.2) is 0 Å². The highest BCUT2D eigenvalue weighted by Gasteiger charge is 2.59. The minimum atomic E-state index is -0.186. The molecule has 0 aromatic heterocycles. The Morgan fingerprint density at radius 1 is 1.30 bits per heavy atom. The monoisotopic (exact) mass is 280 g/mol. The Kier molecular flexibility index (Phi) is 3.55. The molecule has 0 aromatic rings. The van der Waals surface area contributed by atoms with Crippen LogP contribution in [-0.2, 0) is 4.79 Å². The second-order valence-electron chi connectivity index (χ2n) is 7.27. The molecule has 114 valence electrons. The van der Waals surface area contributed by atoms with E-state index in [9.17, 15) is 4.79 Å². The number of nitrogens with zero attached hydrogens (tertiary/aromatic N) is 3. The maximum atomic E-state index is 12.7. The van der Waals surface area contributed by atoms with Gasteiger partial charge in [0.05, 0.1) is 11.7 Å².